The van der Waals surface area contributed by atoms with Gasteiger partial charge >= 0.3 is 0 Å². The van der Waals surface area contributed by atoms with Crippen LogP contribution in [0.5, 0.6) is 0 Å². The largest absolute Gasteiger partial charge is 0.343 e. The van der Waals surface area contributed by atoms with Gasteiger partial charge in [0.2, 0.25) is 5.91 Å². The molecular weight excluding hydrogens is 236 g/mol. The third kappa shape index (κ3) is 2.42. The number of nitrogens with two attached hydrogens (primary N) is 1. The summed E-state index contributed by atoms with van der Waals surface area (Å²) < 4.78 is 0. The fourth-order valence-corrected chi connectivity index (χ4v) is 5.25. The predicted molar refractivity (Wildman–Crippen MR) is 76.5 cm³/mol. The van der Waals surface area contributed by atoms with Gasteiger partial charge in [0.1, 0.15) is 0 Å². The smallest absolute Gasteiger partial charge is 0.226 e. The zero-order chi connectivity index (χ0) is 13.4. The quantitative estimate of drug-likeness (QED) is 0.828. The van der Waals surface area contributed by atoms with Crippen molar-refractivity contribution in [1.29, 1.82) is 0 Å². The van der Waals surface area contributed by atoms with Crippen LogP contribution in [0.1, 0.15) is 45.4 Å². The summed E-state index contributed by atoms with van der Waals surface area (Å²) in [5.41, 5.74) is 5.59. The normalized spacial score (nSPS) is 39.6. The minimum absolute atomic E-state index is 0.352. The van der Waals surface area contributed by atoms with E-state index in [2.05, 4.69) is 11.8 Å². The average Bonchev–Trinajstić information content (AvgIpc) is 2.38. The first-order chi connectivity index (χ1) is 9.22. The number of carbonyl (C=O) groups excluding carboxylic acids is 1. The Kier molecular flexibility index (Phi) is 3.84. The molecule has 1 amide bonds. The Morgan fingerprint density at radius 2 is 1.68 bits per heavy atom. The van der Waals surface area contributed by atoms with Gasteiger partial charge in [-0.15, -0.1) is 0 Å². The first kappa shape index (κ1) is 13.4. The van der Waals surface area contributed by atoms with Crippen molar-refractivity contribution in [3.63, 3.8) is 0 Å². The lowest BCUT2D eigenvalue weighted by atomic mass is 9.51. The van der Waals surface area contributed by atoms with E-state index in [1.54, 1.807) is 0 Å². The lowest BCUT2D eigenvalue weighted by molar-refractivity contribution is -0.148. The van der Waals surface area contributed by atoms with E-state index < -0.39 is 0 Å². The Balaban J connectivity index is 1.69. The maximum absolute atomic E-state index is 12.9. The molecule has 0 spiro atoms. The van der Waals surface area contributed by atoms with Crippen molar-refractivity contribution in [2.75, 3.05) is 19.6 Å². The number of rotatable bonds is 5. The van der Waals surface area contributed by atoms with E-state index in [0.717, 1.165) is 31.3 Å². The number of hydrogen-bond acceptors (Lipinski definition) is 2. The Labute approximate surface area is 116 Å². The summed E-state index contributed by atoms with van der Waals surface area (Å²) >= 11 is 0. The predicted octanol–water partition coefficient (Wildman–Crippen LogP) is 2.26. The van der Waals surface area contributed by atoms with Crippen molar-refractivity contribution in [2.24, 2.45) is 35.3 Å². The van der Waals surface area contributed by atoms with Gasteiger partial charge in [0, 0.05) is 19.0 Å². The Hall–Kier alpha value is -0.570. The van der Waals surface area contributed by atoms with Crippen molar-refractivity contribution < 1.29 is 4.79 Å². The Morgan fingerprint density at radius 1 is 1.11 bits per heavy atom. The maximum atomic E-state index is 12.9. The van der Waals surface area contributed by atoms with Gasteiger partial charge in [-0.05, 0) is 75.7 Å². The van der Waals surface area contributed by atoms with Crippen molar-refractivity contribution in [3.05, 3.63) is 0 Å². The van der Waals surface area contributed by atoms with Crippen LogP contribution in [0.15, 0.2) is 0 Å². The summed E-state index contributed by atoms with van der Waals surface area (Å²) in [5.74, 6) is 4.11. The van der Waals surface area contributed by atoms with Crippen LogP contribution in [-0.2, 0) is 4.79 Å². The first-order valence-corrected chi connectivity index (χ1v) is 8.21. The fourth-order valence-electron chi connectivity index (χ4n) is 5.25. The first-order valence-electron chi connectivity index (χ1n) is 8.21. The summed E-state index contributed by atoms with van der Waals surface area (Å²) in [4.78, 5) is 14.9. The molecule has 4 aliphatic carbocycles. The molecule has 0 saturated heterocycles. The van der Waals surface area contributed by atoms with Crippen LogP contribution >= 0.6 is 0 Å². The van der Waals surface area contributed by atoms with Crippen molar-refractivity contribution >= 4 is 5.91 Å². The molecule has 0 unspecified atom stereocenters. The highest BCUT2D eigenvalue weighted by Crippen LogP contribution is 2.56. The summed E-state index contributed by atoms with van der Waals surface area (Å²) in [5, 5.41) is 0. The molecule has 3 heteroatoms. The molecule has 4 aliphatic rings. The maximum Gasteiger partial charge on any atom is 0.226 e. The molecule has 4 saturated carbocycles. The molecule has 0 aromatic rings. The molecule has 4 bridgehead atoms. The highest BCUT2D eigenvalue weighted by molar-refractivity contribution is 5.79. The zero-order valence-corrected chi connectivity index (χ0v) is 12.2. The monoisotopic (exact) mass is 264 g/mol. The van der Waals surface area contributed by atoms with Crippen LogP contribution in [0, 0.1) is 29.6 Å². The second-order valence-electron chi connectivity index (χ2n) is 7.02. The second kappa shape index (κ2) is 5.43. The molecule has 108 valence electrons. The molecular formula is C16H28N2O. The van der Waals surface area contributed by atoms with Crippen LogP contribution in [0.25, 0.3) is 0 Å². The van der Waals surface area contributed by atoms with E-state index in [1.807, 2.05) is 0 Å². The minimum atomic E-state index is 0.352. The van der Waals surface area contributed by atoms with E-state index in [9.17, 15) is 4.79 Å². The molecule has 4 fully saturated rings. The Morgan fingerprint density at radius 3 is 2.16 bits per heavy atom. The topological polar surface area (TPSA) is 46.3 Å². The molecule has 4 rings (SSSR count). The third-order valence-corrected chi connectivity index (χ3v) is 5.84. The van der Waals surface area contributed by atoms with E-state index in [1.165, 1.54) is 32.1 Å². The molecule has 0 heterocycles. The van der Waals surface area contributed by atoms with Crippen LogP contribution in [0.2, 0.25) is 0 Å². The third-order valence-electron chi connectivity index (χ3n) is 5.84. The van der Waals surface area contributed by atoms with E-state index in [4.69, 9.17) is 5.73 Å². The van der Waals surface area contributed by atoms with Crippen molar-refractivity contribution in [1.82, 2.24) is 4.90 Å². The van der Waals surface area contributed by atoms with Gasteiger partial charge in [0.25, 0.3) is 0 Å². The SMILES string of the molecule is CCN(CCCN)C(=O)C1C2CC3CC(C2)CC1C3. The average molecular weight is 264 g/mol. The summed E-state index contributed by atoms with van der Waals surface area (Å²) in [6.07, 6.45) is 7.72. The van der Waals surface area contributed by atoms with Gasteiger partial charge in [0.15, 0.2) is 0 Å². The van der Waals surface area contributed by atoms with E-state index >= 15 is 0 Å². The zero-order valence-electron chi connectivity index (χ0n) is 12.2. The molecule has 2 N–H and O–H groups in total. The van der Waals surface area contributed by atoms with Gasteiger partial charge in [-0.2, -0.15) is 0 Å². The van der Waals surface area contributed by atoms with Crippen LogP contribution in [-0.4, -0.2) is 30.4 Å². The molecule has 0 aromatic carbocycles. The lowest BCUT2D eigenvalue weighted by Crippen LogP contribution is -2.52. The van der Waals surface area contributed by atoms with Gasteiger partial charge in [-0.1, -0.05) is 0 Å². The second-order valence-corrected chi connectivity index (χ2v) is 7.02. The number of nitrogens with zero attached hydrogens (tertiary/aromatic N) is 1. The number of carbonyl (C=O) groups is 1. The van der Waals surface area contributed by atoms with Gasteiger partial charge in [-0.25, -0.2) is 0 Å². The molecule has 0 aliphatic heterocycles. The standard InChI is InChI=1S/C16H28N2O/c1-2-18(5-3-4-17)16(19)15-13-7-11-6-12(9-13)10-14(15)8-11/h11-15H,2-10,17H2,1H3. The van der Waals surface area contributed by atoms with Gasteiger partial charge < -0.3 is 10.6 Å². The fraction of sp³-hybridized carbons (Fsp3) is 0.938. The molecule has 0 radical (unpaired) electrons. The molecule has 19 heavy (non-hydrogen) atoms. The number of hydrogen-bond donors (Lipinski definition) is 1. The summed E-state index contributed by atoms with van der Waals surface area (Å²) in [6, 6.07) is 0. The molecule has 3 nitrogen and oxygen atoms in total. The van der Waals surface area contributed by atoms with Crippen LogP contribution < -0.4 is 5.73 Å². The van der Waals surface area contributed by atoms with Crippen molar-refractivity contribution in [3.8, 4) is 0 Å². The summed E-state index contributed by atoms with van der Waals surface area (Å²) in [7, 11) is 0. The lowest BCUT2D eigenvalue weighted by Gasteiger charge is -2.54. The molecule has 0 atom stereocenters. The van der Waals surface area contributed by atoms with Gasteiger partial charge in [0.05, 0.1) is 0 Å². The highest BCUT2D eigenvalue weighted by Gasteiger charge is 2.51. The Bertz CT molecular complexity index is 314. The van der Waals surface area contributed by atoms with E-state index in [0.29, 0.717) is 30.2 Å². The highest BCUT2D eigenvalue weighted by atomic mass is 16.2. The van der Waals surface area contributed by atoms with E-state index in [-0.39, 0.29) is 0 Å². The van der Waals surface area contributed by atoms with Crippen molar-refractivity contribution in [2.45, 2.75) is 45.4 Å². The van der Waals surface area contributed by atoms with Crippen LogP contribution in [0.4, 0.5) is 0 Å². The van der Waals surface area contributed by atoms with Crippen LogP contribution in [0.3, 0.4) is 0 Å². The molecule has 0 aromatic heterocycles. The summed E-state index contributed by atoms with van der Waals surface area (Å²) in [6.45, 7) is 4.49. The number of amides is 1. The minimum Gasteiger partial charge on any atom is -0.343 e. The van der Waals surface area contributed by atoms with Gasteiger partial charge in [-0.3, -0.25) is 4.79 Å².